The Morgan fingerprint density at radius 2 is 1.38 bits per heavy atom. The molecule has 0 aliphatic rings. The molecule has 1 aromatic rings. The van der Waals surface area contributed by atoms with Crippen LogP contribution in [0.5, 0.6) is 0 Å². The number of nitro groups is 1. The van der Waals surface area contributed by atoms with Gasteiger partial charge >= 0.3 is 12.2 Å². The second-order valence-electron chi connectivity index (χ2n) is 7.31. The van der Waals surface area contributed by atoms with Gasteiger partial charge in [0.2, 0.25) is 0 Å². The molecule has 1 rings (SSSR count). The SMILES string of the molecule is CC(C)(C)OC(=O)N(C(=O)OC(C)(C)C)c1cc(Cl)c([N+](=O)[O-])cc1Cl. The Morgan fingerprint density at radius 1 is 0.962 bits per heavy atom. The van der Waals surface area contributed by atoms with Crippen molar-refractivity contribution in [3.05, 3.63) is 32.3 Å². The molecule has 0 radical (unpaired) electrons. The minimum absolute atomic E-state index is 0.189. The molecule has 2 amide bonds. The van der Waals surface area contributed by atoms with Crippen molar-refractivity contribution < 1.29 is 24.0 Å². The van der Waals surface area contributed by atoms with E-state index in [2.05, 4.69) is 0 Å². The number of ether oxygens (including phenoxy) is 2. The number of imide groups is 1. The first kappa shape index (κ1) is 22.0. The van der Waals surface area contributed by atoms with E-state index in [4.69, 9.17) is 32.7 Å². The number of nitrogens with zero attached hydrogens (tertiary/aromatic N) is 2. The van der Waals surface area contributed by atoms with E-state index in [1.807, 2.05) is 0 Å². The predicted molar refractivity (Wildman–Crippen MR) is 98.1 cm³/mol. The van der Waals surface area contributed by atoms with Gasteiger partial charge in [-0.3, -0.25) is 10.1 Å². The second-order valence-corrected chi connectivity index (χ2v) is 8.12. The average Bonchev–Trinajstić information content (AvgIpc) is 2.37. The van der Waals surface area contributed by atoms with Crippen LogP contribution in [0.15, 0.2) is 12.1 Å². The Bertz CT molecular complexity index is 709. The van der Waals surface area contributed by atoms with E-state index in [0.717, 1.165) is 12.1 Å². The molecule has 0 atom stereocenters. The molecule has 0 unspecified atom stereocenters. The molecular weight excluding hydrogens is 387 g/mol. The number of halogens is 2. The summed E-state index contributed by atoms with van der Waals surface area (Å²) in [5.41, 5.74) is -2.47. The van der Waals surface area contributed by atoms with Crippen molar-refractivity contribution in [3.63, 3.8) is 0 Å². The van der Waals surface area contributed by atoms with E-state index in [1.54, 1.807) is 41.5 Å². The molecule has 144 valence electrons. The molecule has 1 aromatic carbocycles. The lowest BCUT2D eigenvalue weighted by Gasteiger charge is -2.29. The maximum atomic E-state index is 12.5. The lowest BCUT2D eigenvalue weighted by Crippen LogP contribution is -2.44. The molecule has 10 heteroatoms. The molecule has 8 nitrogen and oxygen atoms in total. The number of carbonyl (C=O) groups excluding carboxylic acids is 2. The number of nitro benzene ring substituents is 1. The number of benzene rings is 1. The molecule has 0 N–H and O–H groups in total. The Kier molecular flexibility index (Phi) is 6.49. The van der Waals surface area contributed by atoms with E-state index in [-0.39, 0.29) is 15.7 Å². The zero-order valence-corrected chi connectivity index (χ0v) is 16.8. The predicted octanol–water partition coefficient (Wildman–Crippen LogP) is 5.58. The lowest BCUT2D eigenvalue weighted by molar-refractivity contribution is -0.384. The van der Waals surface area contributed by atoms with Gasteiger partial charge in [0.1, 0.15) is 16.2 Å². The molecule has 0 bridgehead atoms. The van der Waals surface area contributed by atoms with Crippen molar-refractivity contribution in [2.45, 2.75) is 52.7 Å². The van der Waals surface area contributed by atoms with E-state index in [9.17, 15) is 19.7 Å². The smallest absolute Gasteiger partial charge is 0.424 e. The maximum Gasteiger partial charge on any atom is 0.424 e. The summed E-state index contributed by atoms with van der Waals surface area (Å²) in [6.07, 6.45) is -2.11. The average molecular weight is 407 g/mol. The number of hydrogen-bond acceptors (Lipinski definition) is 6. The van der Waals surface area contributed by atoms with Crippen molar-refractivity contribution in [1.82, 2.24) is 0 Å². The summed E-state index contributed by atoms with van der Waals surface area (Å²) in [7, 11) is 0. The Labute approximate surface area is 161 Å². The van der Waals surface area contributed by atoms with Crippen molar-refractivity contribution in [2.24, 2.45) is 0 Å². The first-order valence-corrected chi connectivity index (χ1v) is 8.27. The summed E-state index contributed by atoms with van der Waals surface area (Å²) >= 11 is 11.9. The third-order valence-electron chi connectivity index (χ3n) is 2.61. The van der Waals surface area contributed by atoms with E-state index in [1.165, 1.54) is 0 Å². The van der Waals surface area contributed by atoms with Crippen molar-refractivity contribution in [1.29, 1.82) is 0 Å². The number of amides is 2. The Morgan fingerprint density at radius 3 is 1.73 bits per heavy atom. The van der Waals surface area contributed by atoms with Crippen LogP contribution in [0.2, 0.25) is 10.0 Å². The molecule has 0 aliphatic heterocycles. The summed E-state index contributed by atoms with van der Waals surface area (Å²) < 4.78 is 10.4. The van der Waals surface area contributed by atoms with Crippen LogP contribution in [0, 0.1) is 10.1 Å². The fourth-order valence-electron chi connectivity index (χ4n) is 1.72. The molecule has 0 saturated carbocycles. The van der Waals surface area contributed by atoms with E-state index < -0.39 is 34.0 Å². The van der Waals surface area contributed by atoms with Crippen LogP contribution in [-0.4, -0.2) is 28.3 Å². The van der Waals surface area contributed by atoms with Gasteiger partial charge in [-0.15, -0.1) is 0 Å². The number of carbonyl (C=O) groups is 2. The Balaban J connectivity index is 3.45. The van der Waals surface area contributed by atoms with Gasteiger partial charge in [0.15, 0.2) is 0 Å². The fraction of sp³-hybridized carbons (Fsp3) is 0.500. The first-order valence-electron chi connectivity index (χ1n) is 7.52. The van der Waals surface area contributed by atoms with Gasteiger partial charge in [-0.1, -0.05) is 23.2 Å². The van der Waals surface area contributed by atoms with Crippen LogP contribution < -0.4 is 4.90 Å². The van der Waals surface area contributed by atoms with Crippen LogP contribution in [0.3, 0.4) is 0 Å². The largest absolute Gasteiger partial charge is 0.443 e. The highest BCUT2D eigenvalue weighted by atomic mass is 35.5. The summed E-state index contributed by atoms with van der Waals surface area (Å²) in [5, 5.41) is 10.4. The van der Waals surface area contributed by atoms with Crippen molar-refractivity contribution in [2.75, 3.05) is 4.90 Å². The van der Waals surface area contributed by atoms with Crippen LogP contribution in [0.1, 0.15) is 41.5 Å². The first-order chi connectivity index (χ1) is 11.6. The molecule has 0 aliphatic carbocycles. The van der Waals surface area contributed by atoms with Gasteiger partial charge in [0, 0.05) is 6.07 Å². The van der Waals surface area contributed by atoms with E-state index >= 15 is 0 Å². The summed E-state index contributed by atoms with van der Waals surface area (Å²) in [6, 6.07) is 1.98. The molecular formula is C16H20Cl2N2O6. The standard InChI is InChI=1S/C16H20Cl2N2O6/c1-15(2,3)25-13(21)19(14(22)26-16(4,5)6)11-7-10(18)12(20(23)24)8-9(11)17/h7-8H,1-6H3. The molecule has 0 heterocycles. The highest BCUT2D eigenvalue weighted by molar-refractivity contribution is 6.38. The summed E-state index contributed by atoms with van der Waals surface area (Å²) in [6.45, 7) is 9.68. The highest BCUT2D eigenvalue weighted by Crippen LogP contribution is 2.37. The number of anilines is 1. The second kappa shape index (κ2) is 7.67. The number of rotatable bonds is 2. The maximum absolute atomic E-state index is 12.5. The van der Waals surface area contributed by atoms with E-state index in [0.29, 0.717) is 4.90 Å². The van der Waals surface area contributed by atoms with Crippen molar-refractivity contribution >= 4 is 46.8 Å². The summed E-state index contributed by atoms with van der Waals surface area (Å²) in [5.74, 6) is 0. The normalized spacial score (nSPS) is 11.7. The Hall–Kier alpha value is -2.06. The quantitative estimate of drug-likeness (QED) is 0.469. The zero-order valence-electron chi connectivity index (χ0n) is 15.3. The van der Waals surface area contributed by atoms with Gasteiger partial charge in [-0.2, -0.15) is 4.90 Å². The third kappa shape index (κ3) is 6.03. The zero-order chi connectivity index (χ0) is 20.4. The van der Waals surface area contributed by atoms with Gasteiger partial charge in [-0.05, 0) is 47.6 Å². The molecule has 0 spiro atoms. The van der Waals surface area contributed by atoms with Gasteiger partial charge in [-0.25, -0.2) is 9.59 Å². The van der Waals surface area contributed by atoms with Crippen LogP contribution in [0.25, 0.3) is 0 Å². The topological polar surface area (TPSA) is 99.0 Å². The minimum atomic E-state index is -1.06. The molecule has 26 heavy (non-hydrogen) atoms. The van der Waals surface area contributed by atoms with Crippen LogP contribution in [0.4, 0.5) is 21.0 Å². The molecule has 0 fully saturated rings. The van der Waals surface area contributed by atoms with Gasteiger partial charge in [0.05, 0.1) is 15.6 Å². The third-order valence-corrected chi connectivity index (χ3v) is 3.21. The fourth-order valence-corrected chi connectivity index (χ4v) is 2.19. The molecule has 0 aromatic heterocycles. The van der Waals surface area contributed by atoms with Crippen LogP contribution in [-0.2, 0) is 9.47 Å². The molecule has 0 saturated heterocycles. The summed E-state index contributed by atoms with van der Waals surface area (Å²) in [4.78, 5) is 35.9. The minimum Gasteiger partial charge on any atom is -0.443 e. The lowest BCUT2D eigenvalue weighted by atomic mass is 10.2. The highest BCUT2D eigenvalue weighted by Gasteiger charge is 2.35. The monoisotopic (exact) mass is 406 g/mol. The van der Waals surface area contributed by atoms with Gasteiger partial charge < -0.3 is 9.47 Å². The van der Waals surface area contributed by atoms with Gasteiger partial charge in [0.25, 0.3) is 5.69 Å². The van der Waals surface area contributed by atoms with Crippen molar-refractivity contribution in [3.8, 4) is 0 Å². The van der Waals surface area contributed by atoms with Crippen LogP contribution >= 0.6 is 23.2 Å². The number of hydrogen-bond donors (Lipinski definition) is 0.